The summed E-state index contributed by atoms with van der Waals surface area (Å²) in [6.07, 6.45) is 0.566. The van der Waals surface area contributed by atoms with Crippen LogP contribution in [0.4, 0.5) is 5.69 Å². The van der Waals surface area contributed by atoms with Gasteiger partial charge in [0.2, 0.25) is 0 Å². The van der Waals surface area contributed by atoms with Crippen LogP contribution in [0, 0.1) is 6.92 Å². The van der Waals surface area contributed by atoms with Crippen molar-refractivity contribution in [1.29, 1.82) is 0 Å². The highest BCUT2D eigenvalue weighted by atomic mass is 32.3. The van der Waals surface area contributed by atoms with Crippen molar-refractivity contribution in [2.45, 2.75) is 13.3 Å². The zero-order valence-corrected chi connectivity index (χ0v) is 9.62. The maximum atomic E-state index is 10.2. The number of rotatable bonds is 5. The fourth-order valence-corrected chi connectivity index (χ4v) is 1.44. The summed E-state index contributed by atoms with van der Waals surface area (Å²) in [6, 6.07) is 5.54. The minimum atomic E-state index is -4.42. The molecular weight excluding hydrogens is 232 g/mol. The molecule has 0 aliphatic carbocycles. The van der Waals surface area contributed by atoms with Crippen molar-refractivity contribution in [3.05, 3.63) is 29.3 Å². The van der Waals surface area contributed by atoms with Crippen LogP contribution in [-0.4, -0.2) is 19.5 Å². The molecule has 0 saturated heterocycles. The van der Waals surface area contributed by atoms with E-state index < -0.39 is 10.4 Å². The molecule has 0 aromatic heterocycles. The van der Waals surface area contributed by atoms with Gasteiger partial charge in [0.1, 0.15) is 0 Å². The van der Waals surface area contributed by atoms with Gasteiger partial charge in [-0.15, -0.1) is 0 Å². The van der Waals surface area contributed by atoms with E-state index in [4.69, 9.17) is 10.3 Å². The molecule has 1 aromatic rings. The average molecular weight is 246 g/mol. The first-order valence-electron chi connectivity index (χ1n) is 4.62. The summed E-state index contributed by atoms with van der Waals surface area (Å²) >= 11 is 0. The summed E-state index contributed by atoms with van der Waals surface area (Å²) in [6.45, 7) is 2.16. The highest BCUT2D eigenvalue weighted by molar-refractivity contribution is 7.80. The van der Waals surface area contributed by atoms with Crippen LogP contribution in [0.2, 0.25) is 0 Å². The summed E-state index contributed by atoms with van der Waals surface area (Å²) in [5, 5.41) is 0. The van der Waals surface area contributed by atoms with Crippen LogP contribution in [-0.2, 0) is 21.1 Å². The van der Waals surface area contributed by atoms with Crippen LogP contribution in [0.3, 0.4) is 0 Å². The lowest BCUT2D eigenvalue weighted by atomic mass is 10.1. The number of hydrogen-bond donors (Lipinski definition) is 3. The minimum absolute atomic E-state index is 0.267. The van der Waals surface area contributed by atoms with E-state index in [0.717, 1.165) is 11.1 Å². The third-order valence-corrected chi connectivity index (χ3v) is 2.34. The monoisotopic (exact) mass is 246 g/mol. The fraction of sp³-hybridized carbons (Fsp3) is 0.333. The highest BCUT2D eigenvalue weighted by Crippen LogP contribution is 2.12. The van der Waals surface area contributed by atoms with E-state index in [2.05, 4.69) is 9.76 Å². The van der Waals surface area contributed by atoms with Crippen LogP contribution in [0.1, 0.15) is 11.1 Å². The van der Waals surface area contributed by atoms with Crippen molar-refractivity contribution >= 4 is 16.1 Å². The number of benzene rings is 1. The molecule has 0 amide bonds. The van der Waals surface area contributed by atoms with Crippen LogP contribution < -0.4 is 11.2 Å². The second kappa shape index (κ2) is 5.26. The molecule has 1 rings (SSSR count). The Kier molecular flexibility index (Phi) is 4.25. The van der Waals surface area contributed by atoms with E-state index in [-0.39, 0.29) is 6.54 Å². The number of aryl methyl sites for hydroxylation is 1. The third kappa shape index (κ3) is 4.58. The molecule has 0 radical (unpaired) electrons. The van der Waals surface area contributed by atoms with Crippen molar-refractivity contribution in [3.63, 3.8) is 0 Å². The van der Waals surface area contributed by atoms with Gasteiger partial charge in [0.05, 0.1) is 0 Å². The lowest BCUT2D eigenvalue weighted by Gasteiger charge is -2.05. The minimum Gasteiger partial charge on any atom is -0.399 e. The van der Waals surface area contributed by atoms with Gasteiger partial charge in [-0.1, -0.05) is 12.1 Å². The average Bonchev–Trinajstić information content (AvgIpc) is 2.17. The molecule has 0 fully saturated rings. The Morgan fingerprint density at radius 1 is 1.50 bits per heavy atom. The van der Waals surface area contributed by atoms with Crippen molar-refractivity contribution in [1.82, 2.24) is 5.48 Å². The van der Waals surface area contributed by atoms with Crippen LogP contribution >= 0.6 is 0 Å². The summed E-state index contributed by atoms with van der Waals surface area (Å²) < 4.78 is 32.6. The van der Waals surface area contributed by atoms with E-state index in [1.165, 1.54) is 0 Å². The second-order valence-corrected chi connectivity index (χ2v) is 4.37. The Labute approximate surface area is 94.3 Å². The molecule has 16 heavy (non-hydrogen) atoms. The Morgan fingerprint density at radius 2 is 2.19 bits per heavy atom. The topological polar surface area (TPSA) is 102 Å². The standard InChI is InChI=1S/C9H14N2O4S/c1-7-6-8(2-3-9(7)10)4-5-11-15-16(12,13)14/h2-3,6,11H,4-5,10H2,1H3,(H,12,13,14). The van der Waals surface area contributed by atoms with Gasteiger partial charge in [-0.05, 0) is 30.5 Å². The molecule has 0 spiro atoms. The van der Waals surface area contributed by atoms with Crippen LogP contribution in [0.5, 0.6) is 0 Å². The zero-order chi connectivity index (χ0) is 12.2. The predicted octanol–water partition coefficient (Wildman–Crippen LogP) is 0.444. The number of nitrogens with two attached hydrogens (primary N) is 1. The molecule has 0 saturated carbocycles. The smallest absolute Gasteiger partial charge is 0.399 e. The third-order valence-electron chi connectivity index (χ3n) is 2.01. The quantitative estimate of drug-likeness (QED) is 0.301. The van der Waals surface area contributed by atoms with Gasteiger partial charge < -0.3 is 5.73 Å². The molecule has 0 bridgehead atoms. The summed E-state index contributed by atoms with van der Waals surface area (Å²) in [7, 11) is -4.42. The predicted molar refractivity (Wildman–Crippen MR) is 59.9 cm³/mol. The largest absolute Gasteiger partial charge is 0.413 e. The van der Waals surface area contributed by atoms with Gasteiger partial charge in [0.25, 0.3) is 0 Å². The first-order valence-corrected chi connectivity index (χ1v) is 5.99. The molecule has 0 heterocycles. The van der Waals surface area contributed by atoms with E-state index in [1.54, 1.807) is 6.07 Å². The zero-order valence-electron chi connectivity index (χ0n) is 8.80. The molecule has 0 aliphatic rings. The lowest BCUT2D eigenvalue weighted by Crippen LogP contribution is -2.21. The molecule has 4 N–H and O–H groups in total. The first kappa shape index (κ1) is 12.9. The summed E-state index contributed by atoms with van der Waals surface area (Å²) in [4.78, 5) is 0. The van der Waals surface area contributed by atoms with Crippen molar-refractivity contribution in [3.8, 4) is 0 Å². The SMILES string of the molecule is Cc1cc(CCNOS(=O)(=O)O)ccc1N. The van der Waals surface area contributed by atoms with Gasteiger partial charge in [-0.2, -0.15) is 18.2 Å². The van der Waals surface area contributed by atoms with E-state index >= 15 is 0 Å². The fourth-order valence-electron chi connectivity index (χ4n) is 1.20. The molecule has 0 unspecified atom stereocenters. The van der Waals surface area contributed by atoms with E-state index in [1.807, 2.05) is 19.1 Å². The normalized spacial score (nSPS) is 11.6. The highest BCUT2D eigenvalue weighted by Gasteiger charge is 2.03. The van der Waals surface area contributed by atoms with E-state index in [9.17, 15) is 8.42 Å². The Balaban J connectivity index is 2.41. The molecule has 0 atom stereocenters. The van der Waals surface area contributed by atoms with Gasteiger partial charge in [0.15, 0.2) is 0 Å². The van der Waals surface area contributed by atoms with Crippen LogP contribution in [0.25, 0.3) is 0 Å². The second-order valence-electron chi connectivity index (χ2n) is 3.35. The lowest BCUT2D eigenvalue weighted by molar-refractivity contribution is 0.176. The number of anilines is 1. The Morgan fingerprint density at radius 3 is 2.75 bits per heavy atom. The van der Waals surface area contributed by atoms with Gasteiger partial charge in [0, 0.05) is 12.2 Å². The Bertz CT molecular complexity index is 459. The van der Waals surface area contributed by atoms with Crippen LogP contribution in [0.15, 0.2) is 18.2 Å². The molecule has 90 valence electrons. The van der Waals surface area contributed by atoms with Crippen molar-refractivity contribution in [2.75, 3.05) is 12.3 Å². The molecule has 7 heteroatoms. The summed E-state index contributed by atoms with van der Waals surface area (Å²) in [5.41, 5.74) is 10.5. The maximum Gasteiger partial charge on any atom is 0.413 e. The van der Waals surface area contributed by atoms with Gasteiger partial charge in [-0.25, -0.2) is 0 Å². The number of hydroxylamine groups is 1. The molecular formula is C9H14N2O4S. The number of nitrogens with one attached hydrogen (secondary N) is 1. The molecule has 0 aliphatic heterocycles. The van der Waals surface area contributed by atoms with Gasteiger partial charge in [-0.3, -0.25) is 4.55 Å². The molecule has 1 aromatic carbocycles. The number of nitrogen functional groups attached to an aromatic ring is 1. The van der Waals surface area contributed by atoms with Crippen molar-refractivity contribution in [2.24, 2.45) is 0 Å². The van der Waals surface area contributed by atoms with Gasteiger partial charge >= 0.3 is 10.4 Å². The Hall–Kier alpha value is -1.15. The van der Waals surface area contributed by atoms with Crippen molar-refractivity contribution < 1.29 is 17.3 Å². The first-order chi connectivity index (χ1) is 7.38. The molecule has 6 nitrogen and oxygen atoms in total. The van der Waals surface area contributed by atoms with E-state index in [0.29, 0.717) is 12.1 Å². The maximum absolute atomic E-state index is 10.2. The summed E-state index contributed by atoms with van der Waals surface area (Å²) in [5.74, 6) is 0. The number of hydrogen-bond acceptors (Lipinski definition) is 5.